The number of nitrogens with one attached hydrogen (secondary N) is 1. The van der Waals surface area contributed by atoms with E-state index in [1.54, 1.807) is 19.2 Å². The van der Waals surface area contributed by atoms with Gasteiger partial charge in [0.2, 0.25) is 11.8 Å². The van der Waals surface area contributed by atoms with E-state index in [1.807, 2.05) is 36.4 Å². The number of benzene rings is 2. The van der Waals surface area contributed by atoms with Crippen LogP contribution in [0.3, 0.4) is 0 Å². The van der Waals surface area contributed by atoms with Crippen LogP contribution in [0.4, 0.5) is 5.69 Å². The van der Waals surface area contributed by atoms with Crippen LogP contribution in [0.5, 0.6) is 11.5 Å². The maximum atomic E-state index is 12.3. The highest BCUT2D eigenvalue weighted by Gasteiger charge is 2.18. The Balaban J connectivity index is 1.85. The summed E-state index contributed by atoms with van der Waals surface area (Å²) in [5, 5.41) is 2.78. The fraction of sp³-hybridized carbons (Fsp3) is 0.391. The minimum Gasteiger partial charge on any atom is -0.497 e. The Kier molecular flexibility index (Phi) is 7.65. The zero-order valence-electron chi connectivity index (χ0n) is 17.8. The average molecular weight is 399 g/mol. The third-order valence-corrected chi connectivity index (χ3v) is 4.48. The SMILES string of the molecule is COc1ccc(OCCNC(=O)CN(C(C)=O)c2ccc(C(C)(C)C)cc2)cc1. The minimum absolute atomic E-state index is 0.0286. The zero-order chi connectivity index (χ0) is 21.4. The van der Waals surface area contributed by atoms with Crippen molar-refractivity contribution in [3.8, 4) is 11.5 Å². The number of amides is 2. The highest BCUT2D eigenvalue weighted by atomic mass is 16.5. The van der Waals surface area contributed by atoms with Crippen LogP contribution < -0.4 is 19.7 Å². The lowest BCUT2D eigenvalue weighted by molar-refractivity contribution is -0.123. The molecule has 2 aromatic carbocycles. The van der Waals surface area contributed by atoms with E-state index in [2.05, 4.69) is 26.1 Å². The van der Waals surface area contributed by atoms with Crippen LogP contribution >= 0.6 is 0 Å². The molecule has 0 radical (unpaired) electrons. The van der Waals surface area contributed by atoms with E-state index in [1.165, 1.54) is 17.4 Å². The molecule has 1 N–H and O–H groups in total. The molecule has 0 fully saturated rings. The molecule has 0 spiro atoms. The van der Waals surface area contributed by atoms with Crippen molar-refractivity contribution < 1.29 is 19.1 Å². The normalized spacial score (nSPS) is 10.9. The largest absolute Gasteiger partial charge is 0.497 e. The van der Waals surface area contributed by atoms with Gasteiger partial charge in [0.15, 0.2) is 0 Å². The van der Waals surface area contributed by atoms with Gasteiger partial charge in [-0.2, -0.15) is 0 Å². The van der Waals surface area contributed by atoms with E-state index in [9.17, 15) is 9.59 Å². The smallest absolute Gasteiger partial charge is 0.240 e. The van der Waals surface area contributed by atoms with Crippen molar-refractivity contribution in [1.29, 1.82) is 0 Å². The summed E-state index contributed by atoms with van der Waals surface area (Å²) < 4.78 is 10.7. The van der Waals surface area contributed by atoms with Crippen molar-refractivity contribution in [2.45, 2.75) is 33.1 Å². The van der Waals surface area contributed by atoms with Gasteiger partial charge in [0, 0.05) is 12.6 Å². The molecule has 6 heteroatoms. The van der Waals surface area contributed by atoms with Crippen molar-refractivity contribution in [2.75, 3.05) is 31.7 Å². The summed E-state index contributed by atoms with van der Waals surface area (Å²) in [6.45, 7) is 8.49. The van der Waals surface area contributed by atoms with Crippen LogP contribution in [0.15, 0.2) is 48.5 Å². The lowest BCUT2D eigenvalue weighted by Gasteiger charge is -2.23. The first-order chi connectivity index (χ1) is 13.7. The van der Waals surface area contributed by atoms with Crippen LogP contribution in [0.1, 0.15) is 33.3 Å². The maximum Gasteiger partial charge on any atom is 0.240 e. The molecule has 2 amide bonds. The van der Waals surface area contributed by atoms with E-state index < -0.39 is 0 Å². The Hall–Kier alpha value is -3.02. The highest BCUT2D eigenvalue weighted by molar-refractivity contribution is 5.97. The first-order valence-electron chi connectivity index (χ1n) is 9.63. The van der Waals surface area contributed by atoms with E-state index in [0.29, 0.717) is 24.6 Å². The lowest BCUT2D eigenvalue weighted by atomic mass is 9.87. The number of rotatable bonds is 8. The van der Waals surface area contributed by atoms with Gasteiger partial charge < -0.3 is 19.7 Å². The first-order valence-corrected chi connectivity index (χ1v) is 9.63. The Morgan fingerprint density at radius 2 is 1.55 bits per heavy atom. The molecule has 0 aromatic heterocycles. The van der Waals surface area contributed by atoms with Crippen LogP contribution in [-0.4, -0.2) is 38.6 Å². The van der Waals surface area contributed by atoms with Crippen molar-refractivity contribution in [1.82, 2.24) is 5.32 Å². The van der Waals surface area contributed by atoms with Crippen molar-refractivity contribution in [3.05, 3.63) is 54.1 Å². The molecule has 0 atom stereocenters. The third-order valence-electron chi connectivity index (χ3n) is 4.48. The summed E-state index contributed by atoms with van der Waals surface area (Å²) in [4.78, 5) is 25.8. The molecule has 6 nitrogen and oxygen atoms in total. The number of ether oxygens (including phenoxy) is 2. The van der Waals surface area contributed by atoms with Gasteiger partial charge in [0.05, 0.1) is 13.7 Å². The van der Waals surface area contributed by atoms with Crippen LogP contribution in [0.25, 0.3) is 0 Å². The molecule has 0 saturated heterocycles. The molecular weight excluding hydrogens is 368 g/mol. The standard InChI is InChI=1S/C23H30N2O4/c1-17(26)25(19-8-6-18(7-9-19)23(2,3)4)16-22(27)24-14-15-29-21-12-10-20(28-5)11-13-21/h6-13H,14-16H2,1-5H3,(H,24,27). The second-order valence-corrected chi connectivity index (χ2v) is 7.78. The van der Waals surface area contributed by atoms with E-state index in [0.717, 1.165) is 5.75 Å². The second kappa shape index (κ2) is 9.96. The Labute approximate surface area is 172 Å². The van der Waals surface area contributed by atoms with Gasteiger partial charge in [-0.05, 0) is 47.4 Å². The van der Waals surface area contributed by atoms with Crippen molar-refractivity contribution in [3.63, 3.8) is 0 Å². The summed E-state index contributed by atoms with van der Waals surface area (Å²) in [5.74, 6) is 1.03. The Morgan fingerprint density at radius 3 is 2.07 bits per heavy atom. The summed E-state index contributed by atoms with van der Waals surface area (Å²) in [6.07, 6.45) is 0. The Bertz CT molecular complexity index is 808. The van der Waals surface area contributed by atoms with Gasteiger partial charge in [-0.15, -0.1) is 0 Å². The number of hydrogen-bond donors (Lipinski definition) is 1. The number of anilines is 1. The highest BCUT2D eigenvalue weighted by Crippen LogP contribution is 2.25. The topological polar surface area (TPSA) is 67.9 Å². The molecule has 0 bridgehead atoms. The predicted molar refractivity (Wildman–Crippen MR) is 115 cm³/mol. The van der Waals surface area contributed by atoms with E-state index in [4.69, 9.17) is 9.47 Å². The minimum atomic E-state index is -0.238. The number of methoxy groups -OCH3 is 1. The van der Waals surface area contributed by atoms with Gasteiger partial charge in [-0.1, -0.05) is 32.9 Å². The maximum absolute atomic E-state index is 12.3. The molecule has 0 aliphatic heterocycles. The first kappa shape index (κ1) is 22.3. The number of carbonyl (C=O) groups excluding carboxylic acids is 2. The molecule has 2 rings (SSSR count). The van der Waals surface area contributed by atoms with Gasteiger partial charge >= 0.3 is 0 Å². The van der Waals surface area contributed by atoms with Crippen LogP contribution in [-0.2, 0) is 15.0 Å². The number of hydrogen-bond acceptors (Lipinski definition) is 4. The van der Waals surface area contributed by atoms with Gasteiger partial charge in [0.1, 0.15) is 24.7 Å². The monoisotopic (exact) mass is 398 g/mol. The predicted octanol–water partition coefficient (Wildman–Crippen LogP) is 3.54. The summed E-state index contributed by atoms with van der Waals surface area (Å²) in [5.41, 5.74) is 1.90. The summed E-state index contributed by atoms with van der Waals surface area (Å²) in [7, 11) is 1.61. The quantitative estimate of drug-likeness (QED) is 0.691. The third kappa shape index (κ3) is 6.82. The second-order valence-electron chi connectivity index (χ2n) is 7.78. The summed E-state index contributed by atoms with van der Waals surface area (Å²) >= 11 is 0. The lowest BCUT2D eigenvalue weighted by Crippen LogP contribution is -2.41. The average Bonchev–Trinajstić information content (AvgIpc) is 2.69. The molecule has 0 aliphatic carbocycles. The molecule has 0 aliphatic rings. The number of nitrogens with zero attached hydrogens (tertiary/aromatic N) is 1. The molecule has 2 aromatic rings. The van der Waals surface area contributed by atoms with E-state index >= 15 is 0 Å². The molecule has 29 heavy (non-hydrogen) atoms. The van der Waals surface area contributed by atoms with Gasteiger partial charge in [-0.3, -0.25) is 9.59 Å². The van der Waals surface area contributed by atoms with Gasteiger partial charge in [0.25, 0.3) is 0 Å². The van der Waals surface area contributed by atoms with Gasteiger partial charge in [-0.25, -0.2) is 0 Å². The molecule has 0 heterocycles. The molecule has 0 unspecified atom stereocenters. The van der Waals surface area contributed by atoms with Crippen LogP contribution in [0, 0.1) is 0 Å². The Morgan fingerprint density at radius 1 is 0.966 bits per heavy atom. The fourth-order valence-electron chi connectivity index (χ4n) is 2.76. The van der Waals surface area contributed by atoms with Crippen molar-refractivity contribution in [2.24, 2.45) is 0 Å². The summed E-state index contributed by atoms with van der Waals surface area (Å²) in [6, 6.07) is 15.0. The fourth-order valence-corrected chi connectivity index (χ4v) is 2.76. The van der Waals surface area contributed by atoms with Crippen molar-refractivity contribution >= 4 is 17.5 Å². The van der Waals surface area contributed by atoms with Crippen LogP contribution in [0.2, 0.25) is 0 Å². The number of carbonyl (C=O) groups is 2. The van der Waals surface area contributed by atoms with E-state index in [-0.39, 0.29) is 23.8 Å². The molecule has 156 valence electrons. The molecule has 0 saturated carbocycles. The zero-order valence-corrected chi connectivity index (χ0v) is 17.8. The molecular formula is C23H30N2O4.